The van der Waals surface area contributed by atoms with E-state index in [1.807, 2.05) is 31.2 Å². The molecule has 0 heterocycles. The summed E-state index contributed by atoms with van der Waals surface area (Å²) in [7, 11) is 0. The van der Waals surface area contributed by atoms with Gasteiger partial charge in [-0.2, -0.15) is 0 Å². The molecule has 4 nitrogen and oxygen atoms in total. The van der Waals surface area contributed by atoms with Crippen LogP contribution < -0.4 is 9.47 Å². The van der Waals surface area contributed by atoms with Gasteiger partial charge < -0.3 is 14.6 Å². The van der Waals surface area contributed by atoms with Gasteiger partial charge in [0.05, 0.1) is 12.2 Å². The van der Waals surface area contributed by atoms with E-state index < -0.39 is 5.97 Å². The zero-order chi connectivity index (χ0) is 17.5. The highest BCUT2D eigenvalue weighted by atomic mass is 16.5. The van der Waals surface area contributed by atoms with Crippen LogP contribution >= 0.6 is 0 Å². The number of carboxylic acid groups (broad SMARTS) is 1. The van der Waals surface area contributed by atoms with Gasteiger partial charge in [0.15, 0.2) is 0 Å². The van der Waals surface area contributed by atoms with Crippen molar-refractivity contribution in [2.24, 2.45) is 0 Å². The van der Waals surface area contributed by atoms with Gasteiger partial charge in [-0.15, -0.1) is 0 Å². The third-order valence-corrected chi connectivity index (χ3v) is 3.38. The van der Waals surface area contributed by atoms with Gasteiger partial charge in [0, 0.05) is 11.6 Å². The van der Waals surface area contributed by atoms with Crippen LogP contribution in [0.1, 0.15) is 32.8 Å². The molecule has 0 amide bonds. The Morgan fingerprint density at radius 2 is 1.75 bits per heavy atom. The fourth-order valence-corrected chi connectivity index (χ4v) is 2.33. The molecule has 0 aliphatic carbocycles. The first-order valence-electron chi connectivity index (χ1n) is 7.93. The number of hydrogen-bond acceptors (Lipinski definition) is 3. The standard InChI is InChI=1S/C20H22O4/c1-4-12-23-15-8-7-9-16(13-15)24-18-11-6-5-10-17(18)19(14(2)3)20(21)22/h5-11,13H,4,12H2,1-3H3,(H,21,22). The molecule has 0 aliphatic rings. The minimum Gasteiger partial charge on any atom is -0.493 e. The first kappa shape index (κ1) is 17.6. The lowest BCUT2D eigenvalue weighted by molar-refractivity contribution is -0.130. The number of para-hydroxylation sites is 1. The maximum Gasteiger partial charge on any atom is 0.336 e. The summed E-state index contributed by atoms with van der Waals surface area (Å²) >= 11 is 0. The smallest absolute Gasteiger partial charge is 0.336 e. The van der Waals surface area contributed by atoms with E-state index in [1.54, 1.807) is 38.1 Å². The van der Waals surface area contributed by atoms with Crippen molar-refractivity contribution in [1.82, 2.24) is 0 Å². The van der Waals surface area contributed by atoms with Gasteiger partial charge in [0.25, 0.3) is 0 Å². The molecule has 2 aromatic rings. The number of benzene rings is 2. The number of carbonyl (C=O) groups is 1. The zero-order valence-electron chi connectivity index (χ0n) is 14.2. The molecule has 0 atom stereocenters. The molecule has 1 N–H and O–H groups in total. The molecule has 2 rings (SSSR count). The Labute approximate surface area is 142 Å². The van der Waals surface area contributed by atoms with Gasteiger partial charge in [-0.1, -0.05) is 36.8 Å². The molecule has 0 aliphatic heterocycles. The highest BCUT2D eigenvalue weighted by molar-refractivity contribution is 6.17. The van der Waals surface area contributed by atoms with E-state index in [2.05, 4.69) is 0 Å². The highest BCUT2D eigenvalue weighted by Gasteiger charge is 2.17. The Morgan fingerprint density at radius 3 is 2.42 bits per heavy atom. The molecule has 0 aromatic heterocycles. The van der Waals surface area contributed by atoms with Crippen molar-refractivity contribution in [3.05, 3.63) is 59.7 Å². The van der Waals surface area contributed by atoms with Crippen molar-refractivity contribution in [2.45, 2.75) is 27.2 Å². The summed E-state index contributed by atoms with van der Waals surface area (Å²) < 4.78 is 11.5. The van der Waals surface area contributed by atoms with Crippen molar-refractivity contribution in [2.75, 3.05) is 6.61 Å². The lowest BCUT2D eigenvalue weighted by Gasteiger charge is -2.13. The van der Waals surface area contributed by atoms with Crippen LogP contribution in [-0.4, -0.2) is 17.7 Å². The van der Waals surface area contributed by atoms with Gasteiger partial charge >= 0.3 is 5.97 Å². The number of ether oxygens (including phenoxy) is 2. The topological polar surface area (TPSA) is 55.8 Å². The van der Waals surface area contributed by atoms with Crippen LogP contribution in [-0.2, 0) is 4.79 Å². The summed E-state index contributed by atoms with van der Waals surface area (Å²) in [5.41, 5.74) is 1.53. The van der Waals surface area contributed by atoms with E-state index >= 15 is 0 Å². The molecule has 0 unspecified atom stereocenters. The van der Waals surface area contributed by atoms with Crippen molar-refractivity contribution in [3.63, 3.8) is 0 Å². The fraction of sp³-hybridized carbons (Fsp3) is 0.250. The third-order valence-electron chi connectivity index (χ3n) is 3.38. The molecule has 0 spiro atoms. The Kier molecular flexibility index (Phi) is 6.01. The predicted molar refractivity (Wildman–Crippen MR) is 94.6 cm³/mol. The van der Waals surface area contributed by atoms with Gasteiger partial charge in [-0.3, -0.25) is 0 Å². The second kappa shape index (κ2) is 8.20. The van der Waals surface area contributed by atoms with Gasteiger partial charge in [0.2, 0.25) is 0 Å². The second-order valence-corrected chi connectivity index (χ2v) is 5.60. The van der Waals surface area contributed by atoms with E-state index in [9.17, 15) is 9.90 Å². The first-order valence-corrected chi connectivity index (χ1v) is 7.93. The molecular weight excluding hydrogens is 304 g/mol. The lowest BCUT2D eigenvalue weighted by atomic mass is 10.0. The van der Waals surface area contributed by atoms with Gasteiger partial charge in [-0.25, -0.2) is 4.79 Å². The minimum absolute atomic E-state index is 0.254. The van der Waals surface area contributed by atoms with Crippen molar-refractivity contribution in [3.8, 4) is 17.2 Å². The van der Waals surface area contributed by atoms with Crippen LogP contribution in [0.2, 0.25) is 0 Å². The maximum absolute atomic E-state index is 11.6. The normalized spacial score (nSPS) is 10.1. The van der Waals surface area contributed by atoms with E-state index in [4.69, 9.17) is 9.47 Å². The molecule has 0 bridgehead atoms. The van der Waals surface area contributed by atoms with E-state index in [0.29, 0.717) is 23.7 Å². The summed E-state index contributed by atoms with van der Waals surface area (Å²) in [6.07, 6.45) is 0.927. The number of allylic oxidation sites excluding steroid dienone is 1. The summed E-state index contributed by atoms with van der Waals surface area (Å²) in [5.74, 6) is 0.872. The van der Waals surface area contributed by atoms with Crippen LogP contribution in [0.25, 0.3) is 5.57 Å². The Balaban J connectivity index is 2.35. The number of aliphatic carboxylic acids is 1. The summed E-state index contributed by atoms with van der Waals surface area (Å²) in [6, 6.07) is 14.5. The van der Waals surface area contributed by atoms with Crippen LogP contribution in [0.3, 0.4) is 0 Å². The zero-order valence-corrected chi connectivity index (χ0v) is 14.2. The Hall–Kier alpha value is -2.75. The summed E-state index contributed by atoms with van der Waals surface area (Å²) in [6.45, 7) is 6.24. The number of rotatable bonds is 7. The van der Waals surface area contributed by atoms with Gasteiger partial charge in [-0.05, 0) is 38.5 Å². The highest BCUT2D eigenvalue weighted by Crippen LogP contribution is 2.33. The molecule has 0 fully saturated rings. The molecule has 126 valence electrons. The molecule has 2 aromatic carbocycles. The van der Waals surface area contributed by atoms with Crippen LogP contribution in [0.5, 0.6) is 17.2 Å². The largest absolute Gasteiger partial charge is 0.493 e. The summed E-state index contributed by atoms with van der Waals surface area (Å²) in [4.78, 5) is 11.6. The lowest BCUT2D eigenvalue weighted by Crippen LogP contribution is -2.03. The minimum atomic E-state index is -0.967. The van der Waals surface area contributed by atoms with Crippen molar-refractivity contribution >= 4 is 11.5 Å². The van der Waals surface area contributed by atoms with Crippen molar-refractivity contribution in [1.29, 1.82) is 0 Å². The summed E-state index contributed by atoms with van der Waals surface area (Å²) in [5, 5.41) is 9.50. The Morgan fingerprint density at radius 1 is 1.04 bits per heavy atom. The quantitative estimate of drug-likeness (QED) is 0.715. The van der Waals surface area contributed by atoms with Gasteiger partial charge in [0.1, 0.15) is 17.2 Å². The average molecular weight is 326 g/mol. The first-order chi connectivity index (χ1) is 11.5. The molecule has 0 radical (unpaired) electrons. The van der Waals surface area contributed by atoms with E-state index in [-0.39, 0.29) is 5.57 Å². The molecule has 0 saturated heterocycles. The van der Waals surface area contributed by atoms with Crippen molar-refractivity contribution < 1.29 is 19.4 Å². The number of hydrogen-bond donors (Lipinski definition) is 1. The van der Waals surface area contributed by atoms with Crippen LogP contribution in [0.4, 0.5) is 0 Å². The molecular formula is C20H22O4. The predicted octanol–water partition coefficient (Wildman–Crippen LogP) is 5.15. The monoisotopic (exact) mass is 326 g/mol. The number of carboxylic acids is 1. The molecule has 0 saturated carbocycles. The van der Waals surface area contributed by atoms with Crippen LogP contribution in [0.15, 0.2) is 54.1 Å². The maximum atomic E-state index is 11.6. The Bertz CT molecular complexity index is 743. The van der Waals surface area contributed by atoms with Crippen LogP contribution in [0, 0.1) is 0 Å². The fourth-order valence-electron chi connectivity index (χ4n) is 2.33. The average Bonchev–Trinajstić information content (AvgIpc) is 2.54. The van der Waals surface area contributed by atoms with E-state index in [0.717, 1.165) is 17.7 Å². The van der Waals surface area contributed by atoms with E-state index in [1.165, 1.54) is 0 Å². The molecule has 4 heteroatoms. The second-order valence-electron chi connectivity index (χ2n) is 5.60. The SMILES string of the molecule is CCCOc1cccc(Oc2ccccc2C(C(=O)O)=C(C)C)c1. The molecule has 24 heavy (non-hydrogen) atoms. The third kappa shape index (κ3) is 4.38.